The second-order valence-electron chi connectivity index (χ2n) is 6.10. The maximum Gasteiger partial charge on any atom is 0.324 e. The number of hydrogen-bond donors (Lipinski definition) is 2. The largest absolute Gasteiger partial charge is 0.376 e. The first kappa shape index (κ1) is 16.7. The van der Waals surface area contributed by atoms with Crippen molar-refractivity contribution in [2.45, 2.75) is 26.9 Å². The van der Waals surface area contributed by atoms with Crippen LogP contribution in [0.4, 0.5) is 15.5 Å². The highest BCUT2D eigenvalue weighted by Crippen LogP contribution is 2.42. The molecule has 4 rings (SSSR count). The van der Waals surface area contributed by atoms with Crippen molar-refractivity contribution in [2.24, 2.45) is 0 Å². The van der Waals surface area contributed by atoms with E-state index < -0.39 is 0 Å². The number of nitrogens with one attached hydrogen (secondary N) is 2. The highest BCUT2D eigenvalue weighted by molar-refractivity contribution is 7.17. The van der Waals surface area contributed by atoms with Crippen LogP contribution in [-0.2, 0) is 17.8 Å². The summed E-state index contributed by atoms with van der Waals surface area (Å²) in [7, 11) is 0. The number of nitrogens with zero attached hydrogens (tertiary/aromatic N) is 2. The zero-order valence-electron chi connectivity index (χ0n) is 14.5. The molecule has 134 valence electrons. The van der Waals surface area contributed by atoms with E-state index in [-0.39, 0.29) is 6.03 Å². The number of aryl methyl sites for hydroxylation is 2. The number of amides is 2. The van der Waals surface area contributed by atoms with Gasteiger partial charge in [-0.05, 0) is 38.0 Å². The predicted molar refractivity (Wildman–Crippen MR) is 99.5 cm³/mol. The Morgan fingerprint density at radius 3 is 2.73 bits per heavy atom. The van der Waals surface area contributed by atoms with Crippen molar-refractivity contribution in [3.05, 3.63) is 46.1 Å². The summed E-state index contributed by atoms with van der Waals surface area (Å²) < 4.78 is 10.9. The van der Waals surface area contributed by atoms with Gasteiger partial charge in [-0.25, -0.2) is 4.79 Å². The quantitative estimate of drug-likeness (QED) is 0.723. The van der Waals surface area contributed by atoms with Crippen LogP contribution < -0.4 is 10.6 Å². The molecule has 0 saturated carbocycles. The molecule has 2 aromatic heterocycles. The molecule has 0 aliphatic carbocycles. The predicted octanol–water partition coefficient (Wildman–Crippen LogP) is 4.13. The number of thiophene rings is 1. The van der Waals surface area contributed by atoms with E-state index in [1.807, 2.05) is 31.2 Å². The summed E-state index contributed by atoms with van der Waals surface area (Å²) in [4.78, 5) is 17.9. The minimum Gasteiger partial charge on any atom is -0.376 e. The molecule has 0 saturated heterocycles. The van der Waals surface area contributed by atoms with Crippen molar-refractivity contribution in [1.29, 1.82) is 0 Å². The lowest BCUT2D eigenvalue weighted by atomic mass is 10.1. The number of anilines is 2. The van der Waals surface area contributed by atoms with Gasteiger partial charge in [-0.15, -0.1) is 11.3 Å². The van der Waals surface area contributed by atoms with Gasteiger partial charge in [-0.1, -0.05) is 22.9 Å². The number of ether oxygens (including phenoxy) is 1. The average Bonchev–Trinajstić information content (AvgIpc) is 3.19. The van der Waals surface area contributed by atoms with E-state index in [1.165, 1.54) is 11.3 Å². The summed E-state index contributed by atoms with van der Waals surface area (Å²) in [5.74, 6) is 0.981. The van der Waals surface area contributed by atoms with Crippen molar-refractivity contribution in [3.8, 4) is 11.5 Å². The van der Waals surface area contributed by atoms with Gasteiger partial charge in [-0.3, -0.25) is 5.32 Å². The Morgan fingerprint density at radius 2 is 2.00 bits per heavy atom. The van der Waals surface area contributed by atoms with Gasteiger partial charge in [0.1, 0.15) is 5.00 Å². The molecule has 2 N–H and O–H groups in total. The zero-order chi connectivity index (χ0) is 18.1. The number of urea groups is 1. The van der Waals surface area contributed by atoms with E-state index in [0.29, 0.717) is 29.9 Å². The van der Waals surface area contributed by atoms with E-state index >= 15 is 0 Å². The number of rotatable bonds is 3. The van der Waals surface area contributed by atoms with Gasteiger partial charge in [0.15, 0.2) is 5.82 Å². The van der Waals surface area contributed by atoms with E-state index in [2.05, 4.69) is 20.8 Å². The van der Waals surface area contributed by atoms with Crippen LogP contribution in [0.15, 0.2) is 28.8 Å². The lowest BCUT2D eigenvalue weighted by Crippen LogP contribution is -2.19. The second-order valence-corrected chi connectivity index (χ2v) is 7.21. The molecule has 0 fully saturated rings. The molecule has 26 heavy (non-hydrogen) atoms. The van der Waals surface area contributed by atoms with Gasteiger partial charge in [0.2, 0.25) is 0 Å². The Kier molecular flexibility index (Phi) is 4.44. The summed E-state index contributed by atoms with van der Waals surface area (Å²) in [6, 6.07) is 7.31. The molecule has 0 radical (unpaired) electrons. The van der Waals surface area contributed by atoms with Crippen LogP contribution in [0.2, 0.25) is 0 Å². The number of fused-ring (bicyclic) bond motifs is 1. The van der Waals surface area contributed by atoms with Crippen LogP contribution >= 0.6 is 11.3 Å². The van der Waals surface area contributed by atoms with Crippen LogP contribution in [-0.4, -0.2) is 22.8 Å². The molecule has 1 aliphatic rings. The van der Waals surface area contributed by atoms with Crippen molar-refractivity contribution in [2.75, 3.05) is 17.2 Å². The lowest BCUT2D eigenvalue weighted by molar-refractivity contribution is 0.113. The van der Waals surface area contributed by atoms with Crippen LogP contribution in [0.3, 0.4) is 0 Å². The third-order valence-corrected chi connectivity index (χ3v) is 5.22. The van der Waals surface area contributed by atoms with Gasteiger partial charge >= 0.3 is 6.03 Å². The standard InChI is InChI=1S/C18H18N4O3S/c1-10-3-5-12(6-4-10)20-18(23)21-17-15(16-19-11(2)22-25-16)13-7-8-24-9-14(13)26-17/h3-6H,7-9H2,1-2H3,(H2,20,21,23). The fourth-order valence-corrected chi connectivity index (χ4v) is 4.02. The first-order valence-electron chi connectivity index (χ1n) is 8.28. The molecule has 2 amide bonds. The Bertz CT molecular complexity index is 946. The molecule has 0 spiro atoms. The van der Waals surface area contributed by atoms with E-state index in [4.69, 9.17) is 9.26 Å². The Labute approximate surface area is 154 Å². The van der Waals surface area contributed by atoms with Crippen LogP contribution in [0.1, 0.15) is 21.8 Å². The summed E-state index contributed by atoms with van der Waals surface area (Å²) in [5, 5.41) is 10.3. The maximum absolute atomic E-state index is 12.5. The lowest BCUT2D eigenvalue weighted by Gasteiger charge is -2.12. The molecule has 8 heteroatoms. The number of hydrogen-bond acceptors (Lipinski definition) is 6. The number of aromatic nitrogens is 2. The molecule has 1 aliphatic heterocycles. The number of carbonyl (C=O) groups is 1. The summed E-state index contributed by atoms with van der Waals surface area (Å²) in [6.07, 6.45) is 0.754. The van der Waals surface area contributed by atoms with Gasteiger partial charge in [0, 0.05) is 10.6 Å². The van der Waals surface area contributed by atoms with Crippen LogP contribution in [0, 0.1) is 13.8 Å². The highest BCUT2D eigenvalue weighted by atomic mass is 32.1. The van der Waals surface area contributed by atoms with Gasteiger partial charge in [-0.2, -0.15) is 4.98 Å². The van der Waals surface area contributed by atoms with Crippen molar-refractivity contribution in [3.63, 3.8) is 0 Å². The van der Waals surface area contributed by atoms with E-state index in [9.17, 15) is 4.79 Å². The number of benzene rings is 1. The topological polar surface area (TPSA) is 89.3 Å². The maximum atomic E-state index is 12.5. The minimum absolute atomic E-state index is 0.314. The molecule has 0 atom stereocenters. The Hall–Kier alpha value is -2.71. The van der Waals surface area contributed by atoms with Crippen molar-refractivity contribution in [1.82, 2.24) is 10.1 Å². The third-order valence-electron chi connectivity index (χ3n) is 4.10. The number of carbonyl (C=O) groups excluding carboxylic acids is 1. The summed E-state index contributed by atoms with van der Waals surface area (Å²) in [6.45, 7) is 4.94. The SMILES string of the molecule is Cc1ccc(NC(=O)Nc2sc3c(c2-c2nc(C)no2)CCOC3)cc1. The first-order valence-corrected chi connectivity index (χ1v) is 9.09. The zero-order valence-corrected chi connectivity index (χ0v) is 15.3. The average molecular weight is 370 g/mol. The van der Waals surface area contributed by atoms with Gasteiger partial charge < -0.3 is 14.6 Å². The van der Waals surface area contributed by atoms with Crippen molar-refractivity contribution < 1.29 is 14.1 Å². The second kappa shape index (κ2) is 6.89. The molecular formula is C18H18N4O3S. The molecule has 7 nitrogen and oxygen atoms in total. The smallest absolute Gasteiger partial charge is 0.324 e. The summed E-state index contributed by atoms with van der Waals surface area (Å²) >= 11 is 1.48. The fraction of sp³-hybridized carbons (Fsp3) is 0.278. The molecule has 0 unspecified atom stereocenters. The molecule has 0 bridgehead atoms. The Morgan fingerprint density at radius 1 is 1.19 bits per heavy atom. The van der Waals surface area contributed by atoms with Gasteiger partial charge in [0.25, 0.3) is 5.89 Å². The third kappa shape index (κ3) is 3.33. The van der Waals surface area contributed by atoms with E-state index in [1.54, 1.807) is 6.92 Å². The fourth-order valence-electron chi connectivity index (χ4n) is 2.85. The van der Waals surface area contributed by atoms with Crippen molar-refractivity contribution >= 4 is 28.1 Å². The van der Waals surface area contributed by atoms with Crippen LogP contribution in [0.5, 0.6) is 0 Å². The first-order chi connectivity index (χ1) is 12.6. The molecular weight excluding hydrogens is 352 g/mol. The van der Waals surface area contributed by atoms with Gasteiger partial charge in [0.05, 0.1) is 18.8 Å². The van der Waals surface area contributed by atoms with E-state index in [0.717, 1.165) is 33.7 Å². The molecule has 3 aromatic rings. The minimum atomic E-state index is -0.314. The van der Waals surface area contributed by atoms with Crippen LogP contribution in [0.25, 0.3) is 11.5 Å². The Balaban J connectivity index is 1.62. The molecule has 1 aromatic carbocycles. The monoisotopic (exact) mass is 370 g/mol. The highest BCUT2D eigenvalue weighted by Gasteiger charge is 2.26. The molecule has 3 heterocycles. The normalized spacial score (nSPS) is 13.3. The summed E-state index contributed by atoms with van der Waals surface area (Å²) in [5.41, 5.74) is 3.77.